The second-order valence-corrected chi connectivity index (χ2v) is 7.79. The number of aromatic carboxylic acids is 1. The first-order valence-electron chi connectivity index (χ1n) is 10.4. The maximum Gasteiger partial charge on any atom is 0.335 e. The molecular formula is C24H29NO4. The highest BCUT2D eigenvalue weighted by atomic mass is 16.4. The van der Waals surface area contributed by atoms with E-state index in [0.29, 0.717) is 25.8 Å². The molecular weight excluding hydrogens is 366 g/mol. The molecule has 1 heterocycles. The Kier molecular flexibility index (Phi) is 7.42. The maximum absolute atomic E-state index is 12.3. The minimum atomic E-state index is -0.933. The molecule has 5 nitrogen and oxygen atoms in total. The highest BCUT2D eigenvalue weighted by molar-refractivity contribution is 5.87. The van der Waals surface area contributed by atoms with Crippen LogP contribution in [0, 0.1) is 0 Å². The van der Waals surface area contributed by atoms with E-state index in [-0.39, 0.29) is 23.6 Å². The number of carbonyl (C=O) groups excluding carboxylic acids is 1. The lowest BCUT2D eigenvalue weighted by Crippen LogP contribution is -2.35. The minimum absolute atomic E-state index is 0.177. The van der Waals surface area contributed by atoms with Gasteiger partial charge >= 0.3 is 5.97 Å². The highest BCUT2D eigenvalue weighted by Gasteiger charge is 2.30. The van der Waals surface area contributed by atoms with Gasteiger partial charge in [0.1, 0.15) is 0 Å². The predicted molar refractivity (Wildman–Crippen MR) is 112 cm³/mol. The van der Waals surface area contributed by atoms with Crippen LogP contribution in [0.3, 0.4) is 0 Å². The monoisotopic (exact) mass is 395 g/mol. The summed E-state index contributed by atoms with van der Waals surface area (Å²) in [5, 5.41) is 19.3. The molecule has 2 N–H and O–H groups in total. The van der Waals surface area contributed by atoms with Crippen molar-refractivity contribution in [3.8, 4) is 0 Å². The van der Waals surface area contributed by atoms with E-state index in [1.165, 1.54) is 5.56 Å². The Morgan fingerprint density at radius 1 is 1.00 bits per heavy atom. The van der Waals surface area contributed by atoms with Crippen LogP contribution in [0.4, 0.5) is 0 Å². The Bertz CT molecular complexity index is 803. The molecule has 2 aromatic carbocycles. The summed E-state index contributed by atoms with van der Waals surface area (Å²) < 4.78 is 0. The summed E-state index contributed by atoms with van der Waals surface area (Å²) in [5.41, 5.74) is 2.53. The van der Waals surface area contributed by atoms with Crippen molar-refractivity contribution in [2.75, 3.05) is 6.54 Å². The Morgan fingerprint density at radius 2 is 1.69 bits per heavy atom. The highest BCUT2D eigenvalue weighted by Crippen LogP contribution is 2.24. The molecule has 0 spiro atoms. The van der Waals surface area contributed by atoms with Crippen LogP contribution in [0.2, 0.25) is 0 Å². The molecule has 1 aliphatic rings. The number of likely N-dealkylation sites (tertiary alicyclic amines) is 1. The zero-order valence-corrected chi connectivity index (χ0v) is 16.7. The number of rotatable bonds is 10. The first-order chi connectivity index (χ1) is 14.0. The molecule has 2 aromatic rings. The van der Waals surface area contributed by atoms with Crippen LogP contribution in [0.15, 0.2) is 54.6 Å². The van der Waals surface area contributed by atoms with Crippen molar-refractivity contribution in [3.63, 3.8) is 0 Å². The number of carboxylic acids is 1. The molecule has 0 radical (unpaired) electrons. The molecule has 0 aromatic heterocycles. The largest absolute Gasteiger partial charge is 0.478 e. The van der Waals surface area contributed by atoms with Crippen LogP contribution in [0.5, 0.6) is 0 Å². The number of aliphatic hydroxyl groups excluding tert-OH is 1. The molecule has 3 rings (SSSR count). The van der Waals surface area contributed by atoms with Gasteiger partial charge in [-0.05, 0) is 61.8 Å². The van der Waals surface area contributed by atoms with E-state index in [1.54, 1.807) is 12.1 Å². The van der Waals surface area contributed by atoms with Gasteiger partial charge in [-0.25, -0.2) is 4.79 Å². The smallest absolute Gasteiger partial charge is 0.335 e. The lowest BCUT2D eigenvalue weighted by molar-refractivity contribution is -0.129. The fraction of sp³-hybridized carbons (Fsp3) is 0.417. The summed E-state index contributed by atoms with van der Waals surface area (Å²) in [6.45, 7) is 0.635. The number of amides is 1. The molecule has 1 amide bonds. The quantitative estimate of drug-likeness (QED) is 0.643. The Balaban J connectivity index is 1.45. The summed E-state index contributed by atoms with van der Waals surface area (Å²) in [5.74, 6) is -0.756. The number of aliphatic hydroxyl groups is 1. The minimum Gasteiger partial charge on any atom is -0.478 e. The zero-order valence-electron chi connectivity index (χ0n) is 16.7. The number of hydrogen-bond acceptors (Lipinski definition) is 3. The fourth-order valence-corrected chi connectivity index (χ4v) is 3.97. The summed E-state index contributed by atoms with van der Waals surface area (Å²) in [6.07, 6.45) is 4.90. The van der Waals surface area contributed by atoms with Gasteiger partial charge in [-0.15, -0.1) is 0 Å². The lowest BCUT2D eigenvalue weighted by Gasteiger charge is -2.26. The van der Waals surface area contributed by atoms with Crippen LogP contribution in [0.1, 0.15) is 53.6 Å². The number of carboxylic acid groups (broad SMARTS) is 1. The molecule has 0 aliphatic carbocycles. The SMILES string of the molecule is O=C(O)c1ccc(CCN2C(=O)CC[C@@H]2CC[C@H](O)CCc2ccccc2)cc1. The molecule has 2 atom stereocenters. The van der Waals surface area contributed by atoms with Crippen molar-refractivity contribution in [1.82, 2.24) is 4.90 Å². The third-order valence-electron chi connectivity index (χ3n) is 5.74. The molecule has 0 unspecified atom stereocenters. The topological polar surface area (TPSA) is 77.8 Å². The van der Waals surface area contributed by atoms with Gasteiger partial charge in [-0.1, -0.05) is 42.5 Å². The van der Waals surface area contributed by atoms with E-state index in [2.05, 4.69) is 12.1 Å². The normalized spacial score (nSPS) is 17.5. The van der Waals surface area contributed by atoms with Crippen molar-refractivity contribution >= 4 is 11.9 Å². The molecule has 29 heavy (non-hydrogen) atoms. The number of hydrogen-bond donors (Lipinski definition) is 2. The molecule has 154 valence electrons. The fourth-order valence-electron chi connectivity index (χ4n) is 3.97. The second kappa shape index (κ2) is 10.2. The Morgan fingerprint density at radius 3 is 2.38 bits per heavy atom. The van der Waals surface area contributed by atoms with Gasteiger partial charge in [-0.3, -0.25) is 4.79 Å². The van der Waals surface area contributed by atoms with Crippen molar-refractivity contribution in [1.29, 1.82) is 0 Å². The zero-order chi connectivity index (χ0) is 20.6. The Labute approximate surface area is 172 Å². The summed E-state index contributed by atoms with van der Waals surface area (Å²) in [4.78, 5) is 25.2. The average Bonchev–Trinajstić information content (AvgIpc) is 3.09. The van der Waals surface area contributed by atoms with Crippen molar-refractivity contribution in [2.24, 2.45) is 0 Å². The molecule has 0 saturated carbocycles. The summed E-state index contributed by atoms with van der Waals surface area (Å²) >= 11 is 0. The average molecular weight is 395 g/mol. The number of aryl methyl sites for hydroxylation is 1. The van der Waals surface area contributed by atoms with Gasteiger partial charge in [-0.2, -0.15) is 0 Å². The van der Waals surface area contributed by atoms with E-state index < -0.39 is 5.97 Å². The van der Waals surface area contributed by atoms with Gasteiger partial charge in [0.15, 0.2) is 0 Å². The number of benzene rings is 2. The first kappa shape index (κ1) is 21.1. The van der Waals surface area contributed by atoms with Crippen LogP contribution >= 0.6 is 0 Å². The van der Waals surface area contributed by atoms with E-state index in [1.807, 2.05) is 35.2 Å². The molecule has 5 heteroatoms. The van der Waals surface area contributed by atoms with Crippen molar-refractivity contribution in [2.45, 2.75) is 57.1 Å². The maximum atomic E-state index is 12.3. The van der Waals surface area contributed by atoms with Crippen LogP contribution in [-0.2, 0) is 17.6 Å². The summed E-state index contributed by atoms with van der Waals surface area (Å²) in [7, 11) is 0. The van der Waals surface area contributed by atoms with E-state index in [0.717, 1.165) is 31.2 Å². The standard InChI is InChI=1S/C24H29NO4/c26-22(13-8-18-4-2-1-3-5-18)14-11-21-12-15-23(27)25(21)17-16-19-6-9-20(10-7-19)24(28)29/h1-7,9-10,21-22,26H,8,11-17H2,(H,28,29)/t21-,22+/m0/s1. The first-order valence-corrected chi connectivity index (χ1v) is 10.4. The molecule has 1 fully saturated rings. The number of carbonyl (C=O) groups is 2. The molecule has 1 saturated heterocycles. The van der Waals surface area contributed by atoms with Crippen molar-refractivity contribution in [3.05, 3.63) is 71.3 Å². The number of nitrogens with zero attached hydrogens (tertiary/aromatic N) is 1. The van der Waals surface area contributed by atoms with Gasteiger partial charge in [0.2, 0.25) is 5.91 Å². The third kappa shape index (κ3) is 6.16. The van der Waals surface area contributed by atoms with E-state index in [9.17, 15) is 14.7 Å². The molecule has 0 bridgehead atoms. The van der Waals surface area contributed by atoms with Crippen LogP contribution in [0.25, 0.3) is 0 Å². The van der Waals surface area contributed by atoms with Crippen LogP contribution in [-0.4, -0.2) is 45.7 Å². The van der Waals surface area contributed by atoms with E-state index >= 15 is 0 Å². The van der Waals surface area contributed by atoms with E-state index in [4.69, 9.17) is 5.11 Å². The van der Waals surface area contributed by atoms with Crippen LogP contribution < -0.4 is 0 Å². The van der Waals surface area contributed by atoms with Gasteiger partial charge < -0.3 is 15.1 Å². The lowest BCUT2D eigenvalue weighted by atomic mass is 10.0. The van der Waals surface area contributed by atoms with Gasteiger partial charge in [0.25, 0.3) is 0 Å². The van der Waals surface area contributed by atoms with Crippen molar-refractivity contribution < 1.29 is 19.8 Å². The molecule has 1 aliphatic heterocycles. The summed E-state index contributed by atoms with van der Waals surface area (Å²) in [6, 6.07) is 17.2. The second-order valence-electron chi connectivity index (χ2n) is 7.79. The van der Waals surface area contributed by atoms with Gasteiger partial charge in [0, 0.05) is 19.0 Å². The predicted octanol–water partition coefficient (Wildman–Crippen LogP) is 3.69. The van der Waals surface area contributed by atoms with Gasteiger partial charge in [0.05, 0.1) is 11.7 Å². The third-order valence-corrected chi connectivity index (χ3v) is 5.74. The Hall–Kier alpha value is -2.66.